The molecule has 0 aromatic carbocycles. The van der Waals surface area contributed by atoms with Gasteiger partial charge in [0, 0.05) is 5.97 Å². The Kier molecular flexibility index (Phi) is 22.7. The zero-order chi connectivity index (χ0) is 19.3. The van der Waals surface area contributed by atoms with Gasteiger partial charge in [-0.1, -0.05) is 71.1 Å². The Morgan fingerprint density at radius 1 is 0.800 bits per heavy atom. The number of hydrogen-bond donors (Lipinski definition) is 3. The summed E-state index contributed by atoms with van der Waals surface area (Å²) in [4.78, 5) is 10.1. The summed E-state index contributed by atoms with van der Waals surface area (Å²) < 4.78 is 0. The number of aliphatic hydroxyl groups is 2. The molecule has 5 heteroatoms. The Morgan fingerprint density at radius 3 is 1.48 bits per heavy atom. The number of carboxylic acid groups (broad SMARTS) is 1. The van der Waals surface area contributed by atoms with E-state index in [1.807, 2.05) is 5.32 Å². The minimum absolute atomic E-state index is 0.233. The van der Waals surface area contributed by atoms with Crippen molar-refractivity contribution in [2.75, 3.05) is 13.1 Å². The number of aliphatic carboxylic acids is 1. The van der Waals surface area contributed by atoms with Gasteiger partial charge in [0.2, 0.25) is 0 Å². The second-order valence-electron chi connectivity index (χ2n) is 7.12. The molecule has 0 rings (SSSR count). The zero-order valence-electron chi connectivity index (χ0n) is 16.8. The van der Waals surface area contributed by atoms with Crippen LogP contribution in [-0.4, -0.2) is 41.5 Å². The molecular weight excluding hydrogens is 318 g/mol. The second-order valence-corrected chi connectivity index (χ2v) is 7.12. The monoisotopic (exact) mass is 361 g/mol. The van der Waals surface area contributed by atoms with Crippen molar-refractivity contribution in [2.45, 2.75) is 110 Å². The van der Waals surface area contributed by atoms with Crippen LogP contribution in [0.15, 0.2) is 0 Å². The van der Waals surface area contributed by atoms with Crippen LogP contribution < -0.4 is 10.4 Å². The molecule has 0 aliphatic heterocycles. The number of carbonyl (C=O) groups is 1. The molecule has 0 bridgehead atoms. The number of carbonyl (C=O) groups excluding carboxylic acids is 1. The normalized spacial score (nSPS) is 13.0. The van der Waals surface area contributed by atoms with Gasteiger partial charge in [0.15, 0.2) is 0 Å². The number of unbranched alkanes of at least 4 members (excludes halogenated alkanes) is 10. The minimum atomic E-state index is -0.907. The summed E-state index contributed by atoms with van der Waals surface area (Å²) in [5.41, 5.74) is 0. The van der Waals surface area contributed by atoms with Gasteiger partial charge in [0.1, 0.15) is 13.1 Å². The van der Waals surface area contributed by atoms with Crippen molar-refractivity contribution >= 4 is 5.97 Å². The molecule has 0 heterocycles. The van der Waals surface area contributed by atoms with E-state index in [4.69, 9.17) is 10.2 Å². The van der Waals surface area contributed by atoms with Crippen molar-refractivity contribution in [2.24, 2.45) is 0 Å². The summed E-state index contributed by atoms with van der Waals surface area (Å²) in [6.07, 6.45) is 13.5. The van der Waals surface area contributed by atoms with Crippen LogP contribution >= 0.6 is 0 Å². The van der Waals surface area contributed by atoms with E-state index in [0.29, 0.717) is 13.1 Å². The van der Waals surface area contributed by atoms with Gasteiger partial charge in [0.05, 0.1) is 12.2 Å². The van der Waals surface area contributed by atoms with Gasteiger partial charge in [-0.2, -0.15) is 0 Å². The lowest BCUT2D eigenvalue weighted by atomic mass is 10.1. The number of carboxylic acids is 1. The highest BCUT2D eigenvalue weighted by Crippen LogP contribution is 2.11. The molecule has 4 N–H and O–H groups in total. The highest BCUT2D eigenvalue weighted by Gasteiger charge is 1.99. The van der Waals surface area contributed by atoms with Crippen molar-refractivity contribution in [1.82, 2.24) is 0 Å². The fourth-order valence-corrected chi connectivity index (χ4v) is 2.51. The molecule has 0 spiro atoms. The Hall–Kier alpha value is -0.650. The van der Waals surface area contributed by atoms with E-state index in [1.54, 1.807) is 13.8 Å². The van der Waals surface area contributed by atoms with Crippen LogP contribution in [0.1, 0.15) is 97.8 Å². The Balaban J connectivity index is 0. The second kappa shape index (κ2) is 21.4. The zero-order valence-corrected chi connectivity index (χ0v) is 16.8. The fourth-order valence-electron chi connectivity index (χ4n) is 2.51. The maximum absolute atomic E-state index is 10.1. The SMILES string of the molecule is CC(O)C[NH2+]CC(C)O.CCCCCCCCCCCCCC(=O)[O-]. The quantitative estimate of drug-likeness (QED) is 0.365. The summed E-state index contributed by atoms with van der Waals surface area (Å²) in [6.45, 7) is 7.06. The molecule has 0 aromatic rings. The minimum Gasteiger partial charge on any atom is -0.550 e. The highest BCUT2D eigenvalue weighted by atomic mass is 16.4. The van der Waals surface area contributed by atoms with Crippen LogP contribution in [0.25, 0.3) is 0 Å². The first-order valence-electron chi connectivity index (χ1n) is 10.3. The van der Waals surface area contributed by atoms with Crippen molar-refractivity contribution in [3.8, 4) is 0 Å². The van der Waals surface area contributed by atoms with E-state index in [0.717, 1.165) is 12.8 Å². The van der Waals surface area contributed by atoms with Gasteiger partial charge in [-0.3, -0.25) is 0 Å². The molecule has 0 aliphatic rings. The van der Waals surface area contributed by atoms with Gasteiger partial charge in [-0.25, -0.2) is 0 Å². The third-order valence-corrected chi connectivity index (χ3v) is 4.00. The summed E-state index contributed by atoms with van der Waals surface area (Å²) in [7, 11) is 0. The van der Waals surface area contributed by atoms with Gasteiger partial charge in [-0.15, -0.1) is 0 Å². The van der Waals surface area contributed by atoms with Gasteiger partial charge >= 0.3 is 0 Å². The van der Waals surface area contributed by atoms with E-state index >= 15 is 0 Å². The molecule has 152 valence electrons. The van der Waals surface area contributed by atoms with Crippen LogP contribution in [0.4, 0.5) is 0 Å². The van der Waals surface area contributed by atoms with Crippen LogP contribution in [-0.2, 0) is 4.79 Å². The number of rotatable bonds is 16. The van der Waals surface area contributed by atoms with Gasteiger partial charge < -0.3 is 25.4 Å². The summed E-state index contributed by atoms with van der Waals surface area (Å²) in [6, 6.07) is 0. The summed E-state index contributed by atoms with van der Waals surface area (Å²) >= 11 is 0. The van der Waals surface area contributed by atoms with E-state index in [1.165, 1.54) is 57.8 Å². The molecule has 5 nitrogen and oxygen atoms in total. The first-order chi connectivity index (χ1) is 11.9. The van der Waals surface area contributed by atoms with Crippen molar-refractivity contribution in [3.63, 3.8) is 0 Å². The van der Waals surface area contributed by atoms with E-state index in [2.05, 4.69) is 6.92 Å². The topological polar surface area (TPSA) is 97.2 Å². The van der Waals surface area contributed by atoms with Crippen molar-refractivity contribution < 1.29 is 25.4 Å². The largest absolute Gasteiger partial charge is 0.550 e. The van der Waals surface area contributed by atoms with Crippen molar-refractivity contribution in [3.05, 3.63) is 0 Å². The van der Waals surface area contributed by atoms with Gasteiger partial charge in [0.25, 0.3) is 0 Å². The summed E-state index contributed by atoms with van der Waals surface area (Å²) in [5, 5.41) is 29.6. The molecule has 0 aromatic heterocycles. The maximum Gasteiger partial charge on any atom is 0.102 e. The van der Waals surface area contributed by atoms with Crippen LogP contribution in [0.2, 0.25) is 0 Å². The van der Waals surface area contributed by atoms with Crippen LogP contribution in [0, 0.1) is 0 Å². The first-order valence-corrected chi connectivity index (χ1v) is 10.3. The van der Waals surface area contributed by atoms with E-state index < -0.39 is 5.97 Å². The fraction of sp³-hybridized carbons (Fsp3) is 0.950. The average Bonchev–Trinajstić information content (AvgIpc) is 2.52. The third kappa shape index (κ3) is 31.6. The molecule has 0 amide bonds. The average molecular weight is 362 g/mol. The lowest BCUT2D eigenvalue weighted by molar-refractivity contribution is -0.665. The lowest BCUT2D eigenvalue weighted by Crippen LogP contribution is -2.88. The molecule has 2 atom stereocenters. The molecule has 0 saturated carbocycles. The Labute approximate surface area is 155 Å². The Morgan fingerprint density at radius 2 is 1.16 bits per heavy atom. The molecule has 0 radical (unpaired) electrons. The van der Waals surface area contributed by atoms with Gasteiger partial charge in [-0.05, 0) is 26.7 Å². The number of quaternary nitrogens is 1. The van der Waals surface area contributed by atoms with E-state index in [-0.39, 0.29) is 18.6 Å². The molecular formula is C20H43NO4. The summed E-state index contributed by atoms with van der Waals surface area (Å²) in [5.74, 6) is -0.907. The van der Waals surface area contributed by atoms with Crippen molar-refractivity contribution in [1.29, 1.82) is 0 Å². The Bertz CT molecular complexity index is 262. The number of aliphatic hydroxyl groups excluding tert-OH is 2. The standard InChI is InChI=1S/C14H28O2.C6H15NO2/c1-2-3-4-5-6-7-8-9-10-11-12-13-14(15)16;1-5(8)3-7-4-6(2)9/h2-13H2,1H3,(H,15,16);5-9H,3-4H2,1-2H3. The molecule has 0 fully saturated rings. The number of hydrogen-bond acceptors (Lipinski definition) is 4. The predicted molar refractivity (Wildman–Crippen MR) is 101 cm³/mol. The predicted octanol–water partition coefficient (Wildman–Crippen LogP) is 1.75. The molecule has 0 aliphatic carbocycles. The molecule has 25 heavy (non-hydrogen) atoms. The van der Waals surface area contributed by atoms with Crippen LogP contribution in [0.5, 0.6) is 0 Å². The van der Waals surface area contributed by atoms with Crippen LogP contribution in [0.3, 0.4) is 0 Å². The number of nitrogens with two attached hydrogens (primary N) is 1. The lowest BCUT2D eigenvalue weighted by Gasteiger charge is -2.04. The molecule has 2 unspecified atom stereocenters. The van der Waals surface area contributed by atoms with E-state index in [9.17, 15) is 9.90 Å². The maximum atomic E-state index is 10.1. The smallest absolute Gasteiger partial charge is 0.102 e. The third-order valence-electron chi connectivity index (χ3n) is 4.00. The highest BCUT2D eigenvalue weighted by molar-refractivity contribution is 5.63. The molecule has 0 saturated heterocycles. The first kappa shape index (κ1) is 26.6.